The van der Waals surface area contributed by atoms with E-state index < -0.39 is 12.2 Å². The van der Waals surface area contributed by atoms with Crippen molar-refractivity contribution in [2.24, 2.45) is 0 Å². The van der Waals surface area contributed by atoms with E-state index in [0.717, 1.165) is 0 Å². The highest BCUT2D eigenvalue weighted by atomic mass is 19.1. The molecule has 4 heteroatoms. The van der Waals surface area contributed by atoms with Gasteiger partial charge < -0.3 is 9.47 Å². The molecule has 2 heterocycles. The first kappa shape index (κ1) is 7.64. The third-order valence-electron chi connectivity index (χ3n) is 1.71. The summed E-state index contributed by atoms with van der Waals surface area (Å²) in [5.74, 6) is -0.399. The summed E-state index contributed by atoms with van der Waals surface area (Å²) in [5.41, 5.74) is 0.426. The Kier molecular flexibility index (Phi) is 2.01. The van der Waals surface area contributed by atoms with Crippen LogP contribution in [0.2, 0.25) is 0 Å². The van der Waals surface area contributed by atoms with Gasteiger partial charge in [0, 0.05) is 6.07 Å². The maximum absolute atomic E-state index is 13.0. The van der Waals surface area contributed by atoms with Crippen LogP contribution < -0.4 is 4.98 Å². The third kappa shape index (κ3) is 1.31. The average molecular weight is 170 g/mol. The topological polar surface area (TPSA) is 32.6 Å². The first-order chi connectivity index (χ1) is 5.88. The van der Waals surface area contributed by atoms with Crippen LogP contribution in [0.5, 0.6) is 0 Å². The lowest BCUT2D eigenvalue weighted by Gasteiger charge is -2.05. The van der Waals surface area contributed by atoms with Crippen molar-refractivity contribution in [3.05, 3.63) is 29.8 Å². The zero-order valence-electron chi connectivity index (χ0n) is 6.42. The molecule has 1 aliphatic heterocycles. The van der Waals surface area contributed by atoms with Gasteiger partial charge in [-0.3, -0.25) is 0 Å². The molecular formula is C8H9FNO2+. The molecule has 0 aromatic carbocycles. The lowest BCUT2D eigenvalue weighted by Crippen LogP contribution is -2.13. The van der Waals surface area contributed by atoms with Gasteiger partial charge in [0.05, 0.1) is 13.2 Å². The highest BCUT2D eigenvalue weighted by Gasteiger charge is 2.24. The minimum atomic E-state index is -0.539. The summed E-state index contributed by atoms with van der Waals surface area (Å²) in [5, 5.41) is 0. The van der Waals surface area contributed by atoms with Crippen molar-refractivity contribution in [1.82, 2.24) is 0 Å². The van der Waals surface area contributed by atoms with Crippen LogP contribution in [0, 0.1) is 5.95 Å². The number of rotatable bonds is 1. The van der Waals surface area contributed by atoms with Crippen LogP contribution in [0.25, 0.3) is 0 Å². The summed E-state index contributed by atoms with van der Waals surface area (Å²) < 4.78 is 23.3. The number of nitrogens with one attached hydrogen (secondary N) is 1. The summed E-state index contributed by atoms with van der Waals surface area (Å²) in [6.45, 7) is 1.05. The molecule has 1 aliphatic rings. The molecular weight excluding hydrogens is 161 g/mol. The SMILES string of the molecule is Fc1[nH+]cccc1C1OCCO1. The maximum atomic E-state index is 13.0. The molecule has 1 aromatic heterocycles. The maximum Gasteiger partial charge on any atom is 0.366 e. The second kappa shape index (κ2) is 3.16. The second-order valence-corrected chi connectivity index (χ2v) is 2.51. The summed E-state index contributed by atoms with van der Waals surface area (Å²) in [6.07, 6.45) is 0.982. The lowest BCUT2D eigenvalue weighted by molar-refractivity contribution is -0.424. The van der Waals surface area contributed by atoms with Crippen LogP contribution in [0.4, 0.5) is 4.39 Å². The fourth-order valence-electron chi connectivity index (χ4n) is 1.15. The number of pyridine rings is 1. The smallest absolute Gasteiger partial charge is 0.346 e. The van der Waals surface area contributed by atoms with Gasteiger partial charge in [-0.05, 0) is 6.07 Å². The first-order valence-electron chi connectivity index (χ1n) is 3.77. The van der Waals surface area contributed by atoms with Crippen molar-refractivity contribution in [2.45, 2.75) is 6.29 Å². The van der Waals surface area contributed by atoms with E-state index in [1.54, 1.807) is 12.1 Å². The van der Waals surface area contributed by atoms with Crippen molar-refractivity contribution in [3.8, 4) is 0 Å². The first-order valence-corrected chi connectivity index (χ1v) is 3.77. The average Bonchev–Trinajstić information content (AvgIpc) is 2.57. The zero-order chi connectivity index (χ0) is 8.39. The number of H-pyrrole nitrogens is 1. The molecule has 1 fully saturated rings. The van der Waals surface area contributed by atoms with E-state index in [1.807, 2.05) is 0 Å². The molecule has 2 rings (SSSR count). The van der Waals surface area contributed by atoms with Gasteiger partial charge in [0.25, 0.3) is 0 Å². The third-order valence-corrected chi connectivity index (χ3v) is 1.71. The second-order valence-electron chi connectivity index (χ2n) is 2.51. The molecule has 1 aromatic rings. The zero-order valence-corrected chi connectivity index (χ0v) is 6.42. The fraction of sp³-hybridized carbons (Fsp3) is 0.375. The molecule has 0 bridgehead atoms. The van der Waals surface area contributed by atoms with E-state index in [9.17, 15) is 4.39 Å². The monoisotopic (exact) mass is 170 g/mol. The lowest BCUT2D eigenvalue weighted by atomic mass is 10.3. The summed E-state index contributed by atoms with van der Waals surface area (Å²) >= 11 is 0. The molecule has 0 spiro atoms. The Balaban J connectivity index is 2.26. The Bertz CT molecular complexity index is 274. The number of ether oxygens (including phenoxy) is 2. The van der Waals surface area contributed by atoms with Crippen molar-refractivity contribution < 1.29 is 18.8 Å². The minimum Gasteiger partial charge on any atom is -0.346 e. The Morgan fingerprint density at radius 2 is 2.17 bits per heavy atom. The Hall–Kier alpha value is -1.00. The summed E-state index contributed by atoms with van der Waals surface area (Å²) in [7, 11) is 0. The van der Waals surface area contributed by atoms with Crippen LogP contribution >= 0.6 is 0 Å². The predicted molar refractivity (Wildman–Crippen MR) is 37.6 cm³/mol. The van der Waals surface area contributed by atoms with Crippen molar-refractivity contribution in [3.63, 3.8) is 0 Å². The van der Waals surface area contributed by atoms with Gasteiger partial charge in [0.15, 0.2) is 12.5 Å². The van der Waals surface area contributed by atoms with E-state index in [0.29, 0.717) is 18.8 Å². The standard InChI is InChI=1S/C8H8FNO2/c9-7-6(2-1-3-10-7)8-11-4-5-12-8/h1-3,8H,4-5H2/p+1. The molecule has 0 unspecified atom stereocenters. The highest BCUT2D eigenvalue weighted by molar-refractivity contribution is 5.09. The van der Waals surface area contributed by atoms with Gasteiger partial charge in [-0.25, -0.2) is 0 Å². The van der Waals surface area contributed by atoms with Crippen LogP contribution in [-0.4, -0.2) is 13.2 Å². The minimum absolute atomic E-state index is 0.399. The van der Waals surface area contributed by atoms with Crippen LogP contribution in [-0.2, 0) is 9.47 Å². The van der Waals surface area contributed by atoms with Gasteiger partial charge in [-0.1, -0.05) is 0 Å². The Morgan fingerprint density at radius 1 is 1.42 bits per heavy atom. The van der Waals surface area contributed by atoms with Crippen molar-refractivity contribution in [1.29, 1.82) is 0 Å². The van der Waals surface area contributed by atoms with Gasteiger partial charge in [-0.2, -0.15) is 4.98 Å². The molecule has 12 heavy (non-hydrogen) atoms. The van der Waals surface area contributed by atoms with Crippen molar-refractivity contribution >= 4 is 0 Å². The largest absolute Gasteiger partial charge is 0.366 e. The number of halogens is 1. The number of aromatic amines is 1. The van der Waals surface area contributed by atoms with Crippen LogP contribution in [0.3, 0.4) is 0 Å². The number of aromatic nitrogens is 1. The molecule has 64 valence electrons. The molecule has 1 N–H and O–H groups in total. The normalized spacial score (nSPS) is 18.4. The highest BCUT2D eigenvalue weighted by Crippen LogP contribution is 2.22. The number of hydrogen-bond acceptors (Lipinski definition) is 2. The van der Waals surface area contributed by atoms with E-state index >= 15 is 0 Å². The molecule has 1 saturated heterocycles. The molecule has 0 atom stereocenters. The summed E-state index contributed by atoms with van der Waals surface area (Å²) in [6, 6.07) is 3.35. The predicted octanol–water partition coefficient (Wildman–Crippen LogP) is 0.685. The van der Waals surface area contributed by atoms with Crippen LogP contribution in [0.1, 0.15) is 11.9 Å². The van der Waals surface area contributed by atoms with Gasteiger partial charge in [0.2, 0.25) is 0 Å². The van der Waals surface area contributed by atoms with Gasteiger partial charge >= 0.3 is 5.95 Å². The molecule has 0 amide bonds. The number of hydrogen-bond donors (Lipinski definition) is 0. The molecule has 0 aliphatic carbocycles. The van der Waals surface area contributed by atoms with E-state index in [-0.39, 0.29) is 0 Å². The van der Waals surface area contributed by atoms with E-state index in [4.69, 9.17) is 9.47 Å². The Labute approximate surface area is 69.1 Å². The van der Waals surface area contributed by atoms with E-state index in [1.165, 1.54) is 6.20 Å². The fourth-order valence-corrected chi connectivity index (χ4v) is 1.15. The van der Waals surface area contributed by atoms with E-state index in [2.05, 4.69) is 4.98 Å². The molecule has 0 radical (unpaired) electrons. The van der Waals surface area contributed by atoms with Crippen LogP contribution in [0.15, 0.2) is 18.3 Å². The summed E-state index contributed by atoms with van der Waals surface area (Å²) in [4.78, 5) is 2.45. The van der Waals surface area contributed by atoms with Gasteiger partial charge in [0.1, 0.15) is 5.56 Å². The quantitative estimate of drug-likeness (QED) is 0.581. The molecule has 3 nitrogen and oxygen atoms in total. The van der Waals surface area contributed by atoms with Crippen molar-refractivity contribution in [2.75, 3.05) is 13.2 Å². The Morgan fingerprint density at radius 3 is 2.83 bits per heavy atom. The van der Waals surface area contributed by atoms with Gasteiger partial charge in [-0.15, -0.1) is 4.39 Å². The molecule has 0 saturated carbocycles.